The zero-order valence-corrected chi connectivity index (χ0v) is 21.3. The Morgan fingerprint density at radius 3 is 2.71 bits per heavy atom. The number of rotatable bonds is 8. The number of anilines is 3. The Hall–Kier alpha value is -2.82. The second-order valence-electron chi connectivity index (χ2n) is 9.27. The maximum atomic E-state index is 12.6. The van der Waals surface area contributed by atoms with Gasteiger partial charge < -0.3 is 26.0 Å². The number of hydrogen-bond acceptors (Lipinski definition) is 7. The highest BCUT2D eigenvalue weighted by atomic mass is 35.5. The molecular formula is C24H30ClN5O4S. The predicted octanol–water partition coefficient (Wildman–Crippen LogP) is 3.68. The van der Waals surface area contributed by atoms with Crippen LogP contribution in [0.25, 0.3) is 0 Å². The van der Waals surface area contributed by atoms with Gasteiger partial charge in [-0.05, 0) is 42.7 Å². The number of ether oxygens (including phenoxy) is 1. The first-order chi connectivity index (χ1) is 16.7. The van der Waals surface area contributed by atoms with Gasteiger partial charge in [-0.15, -0.1) is 11.3 Å². The zero-order chi connectivity index (χ0) is 25.1. The zero-order valence-electron chi connectivity index (χ0n) is 19.8. The Kier molecular flexibility index (Phi) is 7.83. The Morgan fingerprint density at radius 2 is 2.06 bits per heavy atom. The summed E-state index contributed by atoms with van der Waals surface area (Å²) in [5, 5.41) is 5.80. The molecular weight excluding hydrogens is 490 g/mol. The van der Waals surface area contributed by atoms with Gasteiger partial charge in [0.05, 0.1) is 33.7 Å². The van der Waals surface area contributed by atoms with Gasteiger partial charge in [-0.1, -0.05) is 25.4 Å². The van der Waals surface area contributed by atoms with Gasteiger partial charge in [0.1, 0.15) is 6.10 Å². The van der Waals surface area contributed by atoms with Gasteiger partial charge in [0, 0.05) is 31.2 Å². The number of carbonyl (C=O) groups is 3. The normalized spacial score (nSPS) is 19.9. The molecule has 1 unspecified atom stereocenters. The van der Waals surface area contributed by atoms with E-state index in [2.05, 4.69) is 15.5 Å². The molecule has 11 heteroatoms. The molecule has 3 amide bonds. The van der Waals surface area contributed by atoms with Crippen molar-refractivity contribution >= 4 is 57.9 Å². The number of nitrogens with one attached hydrogen (secondary N) is 2. The van der Waals surface area contributed by atoms with Gasteiger partial charge in [-0.2, -0.15) is 0 Å². The van der Waals surface area contributed by atoms with E-state index in [1.165, 1.54) is 16.2 Å². The van der Waals surface area contributed by atoms with Gasteiger partial charge in [-0.25, -0.2) is 4.79 Å². The lowest BCUT2D eigenvalue weighted by Crippen LogP contribution is -2.34. The van der Waals surface area contributed by atoms with E-state index >= 15 is 0 Å². The smallest absolute Gasteiger partial charge is 0.414 e. The Balaban J connectivity index is 1.47. The van der Waals surface area contributed by atoms with Crippen molar-refractivity contribution in [1.29, 1.82) is 0 Å². The molecule has 188 valence electrons. The van der Waals surface area contributed by atoms with Crippen molar-refractivity contribution < 1.29 is 19.1 Å². The molecule has 35 heavy (non-hydrogen) atoms. The van der Waals surface area contributed by atoms with E-state index in [1.54, 1.807) is 18.2 Å². The van der Waals surface area contributed by atoms with Gasteiger partial charge in [0.15, 0.2) is 0 Å². The molecule has 0 spiro atoms. The molecule has 2 aliphatic rings. The lowest BCUT2D eigenvalue weighted by atomic mass is 10.1. The number of halogens is 1. The minimum Gasteiger partial charge on any atom is -0.442 e. The number of hydrogen-bond donors (Lipinski definition) is 3. The van der Waals surface area contributed by atoms with E-state index in [-0.39, 0.29) is 36.9 Å². The highest BCUT2D eigenvalue weighted by molar-refractivity contribution is 7.18. The second kappa shape index (κ2) is 10.8. The number of cyclic esters (lactones) is 1. The fraction of sp³-hybridized carbons (Fsp3) is 0.458. The summed E-state index contributed by atoms with van der Waals surface area (Å²) in [6, 6.07) is 8.94. The number of amides is 3. The second-order valence-corrected chi connectivity index (χ2v) is 11.0. The summed E-state index contributed by atoms with van der Waals surface area (Å²) in [4.78, 5) is 41.6. The van der Waals surface area contributed by atoms with E-state index in [9.17, 15) is 14.4 Å². The average Bonchev–Trinajstić information content (AvgIpc) is 3.51. The van der Waals surface area contributed by atoms with E-state index in [0.717, 1.165) is 18.7 Å². The molecule has 2 aliphatic heterocycles. The van der Waals surface area contributed by atoms with Gasteiger partial charge >= 0.3 is 6.09 Å². The van der Waals surface area contributed by atoms with Crippen molar-refractivity contribution in [1.82, 2.24) is 5.32 Å². The summed E-state index contributed by atoms with van der Waals surface area (Å²) in [7, 11) is 0. The molecule has 1 aromatic carbocycles. The van der Waals surface area contributed by atoms with Gasteiger partial charge in [-0.3, -0.25) is 14.5 Å². The summed E-state index contributed by atoms with van der Waals surface area (Å²) in [5.74, 6) is -0.128. The van der Waals surface area contributed by atoms with Crippen LogP contribution in [0.15, 0.2) is 30.3 Å². The lowest BCUT2D eigenvalue weighted by Gasteiger charge is -2.24. The van der Waals surface area contributed by atoms with Crippen LogP contribution in [0.3, 0.4) is 0 Å². The molecule has 3 heterocycles. The Labute approximate surface area is 213 Å². The fourth-order valence-corrected chi connectivity index (χ4v) is 5.17. The third-order valence-electron chi connectivity index (χ3n) is 5.89. The number of nitrogens with two attached hydrogens (primary N) is 1. The SMILES string of the molecule is CC(C)CC(=O)Nc1cc(N2C[C@@H](CNC(=O)c3ccc(Cl)s3)OC2=O)ccc1N1CCC(N)C1. The molecule has 0 bridgehead atoms. The molecule has 0 aliphatic carbocycles. The van der Waals surface area contributed by atoms with Crippen molar-refractivity contribution in [2.75, 3.05) is 41.3 Å². The third kappa shape index (κ3) is 6.25. The van der Waals surface area contributed by atoms with Crippen LogP contribution >= 0.6 is 22.9 Å². The Morgan fingerprint density at radius 1 is 1.26 bits per heavy atom. The molecule has 4 rings (SSSR count). The van der Waals surface area contributed by atoms with Crippen LogP contribution in [0, 0.1) is 5.92 Å². The Bertz CT molecular complexity index is 1110. The summed E-state index contributed by atoms with van der Waals surface area (Å²) < 4.78 is 6.00. The van der Waals surface area contributed by atoms with Crippen LogP contribution in [0.2, 0.25) is 4.34 Å². The maximum Gasteiger partial charge on any atom is 0.414 e. The first-order valence-corrected chi connectivity index (χ1v) is 12.8. The number of thiophene rings is 1. The van der Waals surface area contributed by atoms with E-state index in [1.807, 2.05) is 26.0 Å². The molecule has 2 aromatic rings. The van der Waals surface area contributed by atoms with Crippen LogP contribution in [-0.4, -0.2) is 56.2 Å². The van der Waals surface area contributed by atoms with Crippen molar-refractivity contribution in [3.05, 3.63) is 39.5 Å². The molecule has 9 nitrogen and oxygen atoms in total. The lowest BCUT2D eigenvalue weighted by molar-refractivity contribution is -0.116. The number of benzene rings is 1. The quantitative estimate of drug-likeness (QED) is 0.490. The van der Waals surface area contributed by atoms with E-state index in [4.69, 9.17) is 22.1 Å². The van der Waals surface area contributed by atoms with Crippen molar-refractivity contribution in [2.45, 2.75) is 38.8 Å². The number of nitrogens with zero attached hydrogens (tertiary/aromatic N) is 2. The minimum absolute atomic E-state index is 0.0832. The summed E-state index contributed by atoms with van der Waals surface area (Å²) in [6.07, 6.45) is 0.271. The summed E-state index contributed by atoms with van der Waals surface area (Å²) >= 11 is 7.08. The molecule has 2 saturated heterocycles. The largest absolute Gasteiger partial charge is 0.442 e. The van der Waals surface area contributed by atoms with Crippen molar-refractivity contribution in [3.63, 3.8) is 0 Å². The first kappa shape index (κ1) is 25.3. The highest BCUT2D eigenvalue weighted by Gasteiger charge is 2.33. The van der Waals surface area contributed by atoms with Gasteiger partial charge in [0.2, 0.25) is 5.91 Å². The average molecular weight is 520 g/mol. The monoisotopic (exact) mass is 519 g/mol. The van der Waals surface area contributed by atoms with Crippen molar-refractivity contribution in [3.8, 4) is 0 Å². The molecule has 0 radical (unpaired) electrons. The molecule has 1 aromatic heterocycles. The summed E-state index contributed by atoms with van der Waals surface area (Å²) in [6.45, 7) is 5.94. The highest BCUT2D eigenvalue weighted by Crippen LogP contribution is 2.34. The first-order valence-electron chi connectivity index (χ1n) is 11.7. The van der Waals surface area contributed by atoms with E-state index < -0.39 is 12.2 Å². The van der Waals surface area contributed by atoms with Crippen LogP contribution in [0.5, 0.6) is 0 Å². The standard InChI is InChI=1S/C24H30ClN5O4S/c1-14(2)9-22(31)28-18-10-16(3-4-19(18)29-8-7-15(26)12-29)30-13-17(34-24(30)33)11-27-23(32)20-5-6-21(25)35-20/h3-6,10,14-15,17H,7-9,11-13,26H2,1-2H3,(H,27,32)(H,28,31)/t15?,17-/m1/s1. The van der Waals surface area contributed by atoms with Crippen LogP contribution < -0.4 is 26.2 Å². The topological polar surface area (TPSA) is 117 Å². The van der Waals surface area contributed by atoms with Crippen molar-refractivity contribution in [2.24, 2.45) is 11.7 Å². The number of carbonyl (C=O) groups excluding carboxylic acids is 3. The van der Waals surface area contributed by atoms with Crippen LogP contribution in [0.1, 0.15) is 36.4 Å². The molecule has 2 atom stereocenters. The van der Waals surface area contributed by atoms with Crippen LogP contribution in [0.4, 0.5) is 21.9 Å². The summed E-state index contributed by atoms with van der Waals surface area (Å²) in [5.41, 5.74) is 8.23. The van der Waals surface area contributed by atoms with Gasteiger partial charge in [0.25, 0.3) is 5.91 Å². The molecule has 0 saturated carbocycles. The fourth-order valence-electron chi connectivity index (χ4n) is 4.21. The maximum absolute atomic E-state index is 12.6. The predicted molar refractivity (Wildman–Crippen MR) is 139 cm³/mol. The van der Waals surface area contributed by atoms with Crippen LogP contribution in [-0.2, 0) is 9.53 Å². The molecule has 4 N–H and O–H groups in total. The minimum atomic E-state index is -0.503. The molecule has 2 fully saturated rings. The van der Waals surface area contributed by atoms with E-state index in [0.29, 0.717) is 33.6 Å². The third-order valence-corrected chi connectivity index (χ3v) is 7.12.